The predicted molar refractivity (Wildman–Crippen MR) is 125 cm³/mol. The molecule has 4 nitrogen and oxygen atoms in total. The summed E-state index contributed by atoms with van der Waals surface area (Å²) < 4.78 is 2.15. The summed E-state index contributed by atoms with van der Waals surface area (Å²) in [7, 11) is 0. The topological polar surface area (TPSA) is 42.3 Å². The van der Waals surface area contributed by atoms with Crippen molar-refractivity contribution < 1.29 is 9.59 Å². The molecule has 0 saturated carbocycles. The van der Waals surface area contributed by atoms with Crippen LogP contribution in [-0.4, -0.2) is 27.2 Å². The predicted octanol–water partition coefficient (Wildman–Crippen LogP) is 6.62. The Labute approximate surface area is 189 Å². The highest BCUT2D eigenvalue weighted by atomic mass is 35.5. The fourth-order valence-electron chi connectivity index (χ4n) is 3.74. The number of amides is 2. The number of likely N-dealkylation sites (N-methyl/N-ethyl adjacent to an activating group) is 1. The van der Waals surface area contributed by atoms with Crippen LogP contribution in [0.4, 0.5) is 4.79 Å². The summed E-state index contributed by atoms with van der Waals surface area (Å²) in [6.45, 7) is 4.87. The molecule has 0 aliphatic carbocycles. The summed E-state index contributed by atoms with van der Waals surface area (Å²) in [6.07, 6.45) is 4.72. The molecule has 1 fully saturated rings. The van der Waals surface area contributed by atoms with Gasteiger partial charge in [-0.3, -0.25) is 14.5 Å². The first-order valence-electron chi connectivity index (χ1n) is 9.73. The van der Waals surface area contributed by atoms with Gasteiger partial charge >= 0.3 is 0 Å². The largest absolute Gasteiger partial charge is 0.342 e. The molecule has 7 heteroatoms. The van der Waals surface area contributed by atoms with Crippen molar-refractivity contribution in [2.45, 2.75) is 26.8 Å². The van der Waals surface area contributed by atoms with E-state index in [-0.39, 0.29) is 11.1 Å². The number of hydrogen-bond donors (Lipinski definition) is 0. The fraction of sp³-hybridized carbons (Fsp3) is 0.217. The molecule has 4 rings (SSSR count). The van der Waals surface area contributed by atoms with Crippen LogP contribution in [-0.2, 0) is 17.8 Å². The Morgan fingerprint density at radius 1 is 1.07 bits per heavy atom. The molecule has 1 aliphatic rings. The number of carbonyl (C=O) groups excluding carboxylic acids is 2. The summed E-state index contributed by atoms with van der Waals surface area (Å²) in [5, 5.41) is 2.04. The molecule has 0 bridgehead atoms. The van der Waals surface area contributed by atoms with Gasteiger partial charge in [0.25, 0.3) is 11.1 Å². The van der Waals surface area contributed by atoms with E-state index in [0.717, 1.165) is 40.2 Å². The quantitative estimate of drug-likeness (QED) is 0.403. The lowest BCUT2D eigenvalue weighted by molar-refractivity contribution is -0.122. The molecule has 3 aromatic rings. The lowest BCUT2D eigenvalue weighted by Gasteiger charge is -2.10. The number of carbonyl (C=O) groups is 2. The number of rotatable bonds is 5. The molecule has 2 heterocycles. The van der Waals surface area contributed by atoms with Crippen molar-refractivity contribution in [2.75, 3.05) is 6.54 Å². The molecule has 0 radical (unpaired) electrons. The first-order chi connectivity index (χ1) is 14.4. The lowest BCUT2D eigenvalue weighted by Crippen LogP contribution is -2.27. The van der Waals surface area contributed by atoms with E-state index in [1.807, 2.05) is 36.5 Å². The van der Waals surface area contributed by atoms with Crippen LogP contribution in [0.3, 0.4) is 0 Å². The first-order valence-corrected chi connectivity index (χ1v) is 11.3. The Balaban J connectivity index is 1.83. The van der Waals surface area contributed by atoms with Crippen LogP contribution in [0.5, 0.6) is 0 Å². The van der Waals surface area contributed by atoms with Gasteiger partial charge in [-0.1, -0.05) is 54.4 Å². The van der Waals surface area contributed by atoms with Gasteiger partial charge in [0.2, 0.25) is 0 Å². The minimum atomic E-state index is -0.235. The zero-order chi connectivity index (χ0) is 21.4. The Bertz CT molecular complexity index is 1200. The molecule has 1 aliphatic heterocycles. The molecule has 1 saturated heterocycles. The number of aryl methyl sites for hydroxylation is 1. The SMILES string of the molecule is CCc1cccc2c(/C=C3\SC(=O)N(CC)C3=O)cn(Cc3ccc(Cl)cc3Cl)c12. The van der Waals surface area contributed by atoms with E-state index in [0.29, 0.717) is 28.0 Å². The molecular weight excluding hydrogens is 439 g/mol. The van der Waals surface area contributed by atoms with E-state index in [4.69, 9.17) is 23.2 Å². The van der Waals surface area contributed by atoms with Crippen molar-refractivity contribution in [3.05, 3.63) is 74.2 Å². The number of halogens is 2. The van der Waals surface area contributed by atoms with Gasteiger partial charge in [-0.15, -0.1) is 0 Å². The number of fused-ring (bicyclic) bond motifs is 1. The molecule has 154 valence electrons. The smallest absolute Gasteiger partial charge is 0.293 e. The first kappa shape index (κ1) is 21.0. The summed E-state index contributed by atoms with van der Waals surface area (Å²) in [4.78, 5) is 26.4. The normalized spacial score (nSPS) is 15.7. The van der Waals surface area contributed by atoms with Gasteiger partial charge in [-0.05, 0) is 54.4 Å². The number of para-hydroxylation sites is 1. The van der Waals surface area contributed by atoms with E-state index in [1.165, 1.54) is 10.5 Å². The second kappa shape index (κ2) is 8.50. The third-order valence-corrected chi connectivity index (χ3v) is 6.72. The average molecular weight is 459 g/mol. The number of imide groups is 1. The third kappa shape index (κ3) is 3.78. The minimum absolute atomic E-state index is 0.223. The Kier molecular flexibility index (Phi) is 5.96. The van der Waals surface area contributed by atoms with E-state index < -0.39 is 0 Å². The van der Waals surface area contributed by atoms with Crippen molar-refractivity contribution in [1.29, 1.82) is 0 Å². The van der Waals surface area contributed by atoms with Crippen LogP contribution in [0.15, 0.2) is 47.5 Å². The van der Waals surface area contributed by atoms with Crippen molar-refractivity contribution in [3.63, 3.8) is 0 Å². The van der Waals surface area contributed by atoms with Gasteiger partial charge in [-0.25, -0.2) is 0 Å². The van der Waals surface area contributed by atoms with Gasteiger partial charge in [0, 0.05) is 40.3 Å². The Morgan fingerprint density at radius 2 is 1.87 bits per heavy atom. The van der Waals surface area contributed by atoms with Gasteiger partial charge in [0.1, 0.15) is 0 Å². The van der Waals surface area contributed by atoms with Gasteiger partial charge in [-0.2, -0.15) is 0 Å². The summed E-state index contributed by atoms with van der Waals surface area (Å²) in [6, 6.07) is 11.7. The number of thioether (sulfide) groups is 1. The summed E-state index contributed by atoms with van der Waals surface area (Å²) in [5.41, 5.74) is 4.18. The highest BCUT2D eigenvalue weighted by molar-refractivity contribution is 8.18. The zero-order valence-corrected chi connectivity index (χ0v) is 18.9. The van der Waals surface area contributed by atoms with Gasteiger partial charge in [0.05, 0.1) is 10.4 Å². The number of hydrogen-bond acceptors (Lipinski definition) is 3. The van der Waals surface area contributed by atoms with E-state index in [2.05, 4.69) is 17.6 Å². The van der Waals surface area contributed by atoms with Crippen molar-refractivity contribution in [3.8, 4) is 0 Å². The Morgan fingerprint density at radius 3 is 2.53 bits per heavy atom. The maximum Gasteiger partial charge on any atom is 0.293 e. The molecule has 2 aromatic carbocycles. The molecule has 0 unspecified atom stereocenters. The monoisotopic (exact) mass is 458 g/mol. The molecule has 0 spiro atoms. The van der Waals surface area contributed by atoms with Crippen LogP contribution in [0.1, 0.15) is 30.5 Å². The molecular formula is C23H20Cl2N2O2S. The average Bonchev–Trinajstić information content (AvgIpc) is 3.20. The van der Waals surface area contributed by atoms with Crippen molar-refractivity contribution in [2.24, 2.45) is 0 Å². The van der Waals surface area contributed by atoms with Crippen LogP contribution in [0.25, 0.3) is 17.0 Å². The molecule has 1 aromatic heterocycles. The standard InChI is InChI=1S/C23H20Cl2N2O2S/c1-3-14-6-5-7-18-16(10-20-22(28)27(4-2)23(29)30-20)13-26(21(14)18)12-15-8-9-17(24)11-19(15)25/h5-11,13H,3-4,12H2,1-2H3/b20-10-. The summed E-state index contributed by atoms with van der Waals surface area (Å²) in [5.74, 6) is -0.235. The van der Waals surface area contributed by atoms with Crippen LogP contribution in [0, 0.1) is 0 Å². The van der Waals surface area contributed by atoms with Crippen LogP contribution < -0.4 is 0 Å². The number of nitrogens with zero attached hydrogens (tertiary/aromatic N) is 2. The highest BCUT2D eigenvalue weighted by Crippen LogP contribution is 2.35. The highest BCUT2D eigenvalue weighted by Gasteiger charge is 2.33. The molecule has 30 heavy (non-hydrogen) atoms. The number of aromatic nitrogens is 1. The minimum Gasteiger partial charge on any atom is -0.342 e. The fourth-order valence-corrected chi connectivity index (χ4v) is 5.10. The number of benzene rings is 2. The van der Waals surface area contributed by atoms with Crippen LogP contribution >= 0.6 is 35.0 Å². The third-order valence-electron chi connectivity index (χ3n) is 5.23. The van der Waals surface area contributed by atoms with E-state index in [1.54, 1.807) is 13.0 Å². The Hall–Kier alpha value is -2.21. The maximum atomic E-state index is 12.6. The van der Waals surface area contributed by atoms with Gasteiger partial charge in [0.15, 0.2) is 0 Å². The lowest BCUT2D eigenvalue weighted by atomic mass is 10.1. The zero-order valence-electron chi connectivity index (χ0n) is 16.6. The second-order valence-electron chi connectivity index (χ2n) is 7.04. The van der Waals surface area contributed by atoms with Crippen LogP contribution in [0.2, 0.25) is 10.0 Å². The van der Waals surface area contributed by atoms with Gasteiger partial charge < -0.3 is 4.57 Å². The van der Waals surface area contributed by atoms with Crippen molar-refractivity contribution >= 4 is 63.1 Å². The molecule has 0 atom stereocenters. The second-order valence-corrected chi connectivity index (χ2v) is 8.88. The molecule has 2 amide bonds. The maximum absolute atomic E-state index is 12.6. The summed E-state index contributed by atoms with van der Waals surface area (Å²) >= 11 is 13.5. The van der Waals surface area contributed by atoms with Crippen molar-refractivity contribution in [1.82, 2.24) is 9.47 Å². The van der Waals surface area contributed by atoms with E-state index in [9.17, 15) is 9.59 Å². The van der Waals surface area contributed by atoms with E-state index >= 15 is 0 Å². The molecule has 0 N–H and O–H groups in total.